The van der Waals surface area contributed by atoms with E-state index < -0.39 is 5.97 Å². The van der Waals surface area contributed by atoms with Crippen LogP contribution in [0.2, 0.25) is 10.0 Å². The van der Waals surface area contributed by atoms with Gasteiger partial charge in [-0.1, -0.05) is 55.1 Å². The van der Waals surface area contributed by atoms with Crippen LogP contribution in [-0.4, -0.2) is 59.5 Å². The SMILES string of the molecule is CCOC(=O)CC(=O)N1CCC([C@H]2c3ncc(Br)cc3CCc3cc(Cl)cc(Br)c32)CC1.Clc1cc(Br)c2c(c1)CCc1cc(Br)cnc1C2C1CCNCC1. The second-order valence-corrected chi connectivity index (χ2v) is 19.5. The molecule has 296 valence electrons. The van der Waals surface area contributed by atoms with Gasteiger partial charge in [-0.3, -0.25) is 19.6 Å². The molecule has 2 aromatic heterocycles. The molecular weight excluding hydrogens is 1010 g/mol. The number of ether oxygens (including phenoxy) is 1. The Kier molecular flexibility index (Phi) is 14.4. The van der Waals surface area contributed by atoms with E-state index in [1.807, 2.05) is 24.5 Å². The second kappa shape index (κ2) is 19.0. The average Bonchev–Trinajstić information content (AvgIpc) is 3.43. The molecule has 56 heavy (non-hydrogen) atoms. The molecule has 1 unspecified atom stereocenters. The third kappa shape index (κ3) is 9.61. The number of carbonyl (C=O) groups excluding carboxylic acids is 2. The van der Waals surface area contributed by atoms with Crippen molar-refractivity contribution >= 4 is 98.8 Å². The van der Waals surface area contributed by atoms with E-state index >= 15 is 0 Å². The summed E-state index contributed by atoms with van der Waals surface area (Å²) >= 11 is 27.5. The first-order chi connectivity index (χ1) is 27.0. The number of amides is 1. The highest BCUT2D eigenvalue weighted by Crippen LogP contribution is 2.47. The Hall–Kier alpha value is -1.86. The number of aromatic nitrogens is 2. The molecule has 4 aromatic rings. The zero-order valence-corrected chi connectivity index (χ0v) is 39.0. The molecule has 2 atom stereocenters. The van der Waals surface area contributed by atoms with Crippen LogP contribution in [0.1, 0.15) is 95.6 Å². The zero-order chi connectivity index (χ0) is 39.5. The van der Waals surface area contributed by atoms with E-state index in [4.69, 9.17) is 37.9 Å². The number of rotatable bonds is 5. The first-order valence-corrected chi connectivity index (χ1v) is 23.3. The number of aryl methyl sites for hydroxylation is 4. The summed E-state index contributed by atoms with van der Waals surface area (Å²) in [6.45, 7) is 5.48. The van der Waals surface area contributed by atoms with Crippen LogP contribution < -0.4 is 5.32 Å². The lowest BCUT2D eigenvalue weighted by Crippen LogP contribution is -2.41. The molecule has 2 saturated heterocycles. The van der Waals surface area contributed by atoms with Crippen LogP contribution in [0.4, 0.5) is 0 Å². The van der Waals surface area contributed by atoms with Gasteiger partial charge in [0.15, 0.2) is 0 Å². The molecule has 8 rings (SSSR count). The highest BCUT2D eigenvalue weighted by atomic mass is 79.9. The summed E-state index contributed by atoms with van der Waals surface area (Å²) in [5, 5.41) is 5.03. The molecule has 0 radical (unpaired) electrons. The van der Waals surface area contributed by atoms with Crippen molar-refractivity contribution in [1.82, 2.24) is 20.2 Å². The molecule has 4 heterocycles. The number of likely N-dealkylation sites (tertiary alicyclic amines) is 1. The van der Waals surface area contributed by atoms with Crippen LogP contribution in [0, 0.1) is 11.8 Å². The summed E-state index contributed by atoms with van der Waals surface area (Å²) < 4.78 is 9.12. The standard InChI is InChI=1S/C24H25Br2ClN2O3.C19H19Br2ClN2/c1-2-32-21(31)12-20(30)29-7-5-14(6-8-29)23-22-15(10-18(27)11-19(22)26)3-4-16-9-17(25)13-28-24(16)23;20-14-7-13-2-1-12-8-15(22)9-16(21)17(12)18(19(13)24-10-14)11-3-5-23-6-4-11/h9-11,13-14,23H,2-8,12H2,1H3;7-11,18,23H,1-6H2/t23-;/m1./s1. The van der Waals surface area contributed by atoms with Gasteiger partial charge in [0, 0.05) is 65.3 Å². The summed E-state index contributed by atoms with van der Waals surface area (Å²) in [5.41, 5.74) is 10.3. The van der Waals surface area contributed by atoms with E-state index in [0.717, 1.165) is 85.2 Å². The molecule has 2 aromatic carbocycles. The molecule has 1 N–H and O–H groups in total. The number of esters is 1. The van der Waals surface area contributed by atoms with E-state index in [1.54, 1.807) is 11.8 Å². The molecule has 2 aliphatic heterocycles. The van der Waals surface area contributed by atoms with Crippen molar-refractivity contribution < 1.29 is 14.3 Å². The number of nitrogens with one attached hydrogen (secondary N) is 1. The van der Waals surface area contributed by atoms with E-state index in [1.165, 1.54) is 51.9 Å². The maximum absolute atomic E-state index is 12.5. The molecule has 0 bridgehead atoms. The minimum absolute atomic E-state index is 0.129. The number of halogens is 6. The highest BCUT2D eigenvalue weighted by Gasteiger charge is 2.37. The van der Waals surface area contributed by atoms with Gasteiger partial charge in [0.25, 0.3) is 0 Å². The van der Waals surface area contributed by atoms with Crippen LogP contribution >= 0.6 is 86.9 Å². The van der Waals surface area contributed by atoms with Crippen molar-refractivity contribution in [3.05, 3.63) is 121 Å². The Morgan fingerprint density at radius 1 is 0.714 bits per heavy atom. The second-order valence-electron chi connectivity index (χ2n) is 15.1. The normalized spacial score (nSPS) is 19.6. The number of carbonyl (C=O) groups is 2. The largest absolute Gasteiger partial charge is 0.466 e. The number of hydrogen-bond acceptors (Lipinski definition) is 6. The number of nitrogens with zero attached hydrogens (tertiary/aromatic N) is 3. The van der Waals surface area contributed by atoms with Crippen LogP contribution in [-0.2, 0) is 40.0 Å². The van der Waals surface area contributed by atoms with Gasteiger partial charge in [-0.05, 0) is 185 Å². The van der Waals surface area contributed by atoms with Gasteiger partial charge in [-0.25, -0.2) is 0 Å². The van der Waals surface area contributed by atoms with Crippen molar-refractivity contribution in [2.24, 2.45) is 11.8 Å². The lowest BCUT2D eigenvalue weighted by Gasteiger charge is -2.37. The fourth-order valence-electron chi connectivity index (χ4n) is 9.17. The minimum atomic E-state index is -0.457. The van der Waals surface area contributed by atoms with Gasteiger partial charge in [0.1, 0.15) is 6.42 Å². The van der Waals surface area contributed by atoms with Crippen LogP contribution in [0.15, 0.2) is 66.7 Å². The van der Waals surface area contributed by atoms with E-state index in [-0.39, 0.29) is 24.9 Å². The van der Waals surface area contributed by atoms with E-state index in [9.17, 15) is 9.59 Å². The summed E-state index contributed by atoms with van der Waals surface area (Å²) in [4.78, 5) is 35.8. The predicted molar refractivity (Wildman–Crippen MR) is 237 cm³/mol. The Bertz CT molecular complexity index is 2110. The number of hydrogen-bond donors (Lipinski definition) is 1. The van der Waals surface area contributed by atoms with Crippen molar-refractivity contribution in [2.45, 2.75) is 76.5 Å². The monoisotopic (exact) mass is 1050 g/mol. The lowest BCUT2D eigenvalue weighted by atomic mass is 9.76. The molecule has 0 spiro atoms. The van der Waals surface area contributed by atoms with E-state index in [0.29, 0.717) is 30.8 Å². The van der Waals surface area contributed by atoms with Crippen molar-refractivity contribution in [2.75, 3.05) is 32.8 Å². The Labute approximate surface area is 373 Å². The Morgan fingerprint density at radius 2 is 1.18 bits per heavy atom. The zero-order valence-electron chi connectivity index (χ0n) is 31.2. The van der Waals surface area contributed by atoms with Crippen LogP contribution in [0.3, 0.4) is 0 Å². The quantitative estimate of drug-likeness (QED) is 0.158. The Balaban J connectivity index is 0.000000178. The molecule has 2 fully saturated rings. The molecule has 2 aliphatic carbocycles. The fraction of sp³-hybridized carbons (Fsp3) is 0.442. The topological polar surface area (TPSA) is 84.4 Å². The van der Waals surface area contributed by atoms with Gasteiger partial charge in [0.05, 0.1) is 18.0 Å². The number of pyridine rings is 2. The van der Waals surface area contributed by atoms with Crippen LogP contribution in [0.5, 0.6) is 0 Å². The first-order valence-electron chi connectivity index (χ1n) is 19.4. The number of benzene rings is 2. The predicted octanol–water partition coefficient (Wildman–Crippen LogP) is 11.2. The smallest absolute Gasteiger partial charge is 0.315 e. The molecule has 13 heteroatoms. The highest BCUT2D eigenvalue weighted by molar-refractivity contribution is 9.11. The average molecular weight is 1060 g/mol. The lowest BCUT2D eigenvalue weighted by molar-refractivity contribution is -0.149. The molecule has 1 amide bonds. The summed E-state index contributed by atoms with van der Waals surface area (Å²) in [6, 6.07) is 12.7. The van der Waals surface area contributed by atoms with Crippen molar-refractivity contribution in [1.29, 1.82) is 0 Å². The van der Waals surface area contributed by atoms with Gasteiger partial charge < -0.3 is 15.0 Å². The molecular formula is C43H44Br4Cl2N4O3. The summed E-state index contributed by atoms with van der Waals surface area (Å²) in [7, 11) is 0. The molecule has 7 nitrogen and oxygen atoms in total. The summed E-state index contributed by atoms with van der Waals surface area (Å²) in [6.07, 6.45) is 11.6. The fourth-order valence-corrected chi connectivity index (χ4v) is 12.2. The van der Waals surface area contributed by atoms with Gasteiger partial charge in [-0.15, -0.1) is 0 Å². The van der Waals surface area contributed by atoms with Gasteiger partial charge >= 0.3 is 5.97 Å². The third-order valence-electron chi connectivity index (χ3n) is 11.7. The third-order valence-corrected chi connectivity index (χ3v) is 14.3. The van der Waals surface area contributed by atoms with Crippen LogP contribution in [0.25, 0.3) is 0 Å². The first kappa shape index (κ1) is 42.3. The van der Waals surface area contributed by atoms with Crippen molar-refractivity contribution in [3.8, 4) is 0 Å². The maximum atomic E-state index is 12.5. The van der Waals surface area contributed by atoms with Crippen molar-refractivity contribution in [3.63, 3.8) is 0 Å². The number of piperidine rings is 2. The summed E-state index contributed by atoms with van der Waals surface area (Å²) in [5.74, 6) is 0.820. The van der Waals surface area contributed by atoms with E-state index in [2.05, 4.69) is 93.3 Å². The maximum Gasteiger partial charge on any atom is 0.315 e. The molecule has 0 saturated carbocycles. The van der Waals surface area contributed by atoms with Gasteiger partial charge in [0.2, 0.25) is 5.91 Å². The number of fused-ring (bicyclic) bond motifs is 4. The van der Waals surface area contributed by atoms with Gasteiger partial charge in [-0.2, -0.15) is 0 Å². The Morgan fingerprint density at radius 3 is 1.66 bits per heavy atom. The minimum Gasteiger partial charge on any atom is -0.466 e. The molecule has 4 aliphatic rings.